The van der Waals surface area contributed by atoms with Crippen molar-refractivity contribution < 1.29 is 4.74 Å². The molecule has 0 saturated heterocycles. The Hall–Kier alpha value is -0.690. The average Bonchev–Trinajstić information content (AvgIpc) is 2.43. The number of hydrogen-bond donors (Lipinski definition) is 0. The Balaban J connectivity index is 2.21. The van der Waals surface area contributed by atoms with Gasteiger partial charge >= 0.3 is 0 Å². The number of methoxy groups -OCH3 is 1. The normalized spacial score (nSPS) is 12.4. The lowest BCUT2D eigenvalue weighted by Crippen LogP contribution is -2.04. The molecule has 108 valence electrons. The molecule has 0 fully saturated rings. The quantitative estimate of drug-likeness (QED) is 0.401. The van der Waals surface area contributed by atoms with Crippen molar-refractivity contribution in [1.29, 1.82) is 0 Å². The molecule has 1 aromatic rings. The number of rotatable bonds is 10. The molecule has 0 radical (unpaired) electrons. The van der Waals surface area contributed by atoms with Gasteiger partial charge in [0.15, 0.2) is 0 Å². The Morgan fingerprint density at radius 1 is 1.05 bits per heavy atom. The van der Waals surface area contributed by atoms with E-state index in [1.807, 2.05) is 18.2 Å². The number of benzene rings is 1. The van der Waals surface area contributed by atoms with Gasteiger partial charge in [-0.15, -0.1) is 11.6 Å². The van der Waals surface area contributed by atoms with Crippen molar-refractivity contribution in [3.05, 3.63) is 29.8 Å². The molecule has 0 heterocycles. The monoisotopic (exact) mass is 282 g/mol. The smallest absolute Gasteiger partial charge is 0.122 e. The third-order valence-electron chi connectivity index (χ3n) is 3.50. The minimum Gasteiger partial charge on any atom is -0.496 e. The van der Waals surface area contributed by atoms with E-state index in [4.69, 9.17) is 16.3 Å². The number of ether oxygens (including phenoxy) is 1. The molecule has 0 saturated carbocycles. The SMILES string of the molecule is CCCCCCCCC(Cl)Cc1ccccc1OC. The average molecular weight is 283 g/mol. The lowest BCUT2D eigenvalue weighted by Gasteiger charge is -2.12. The van der Waals surface area contributed by atoms with Gasteiger partial charge in [0.25, 0.3) is 0 Å². The Bertz CT molecular complexity index is 338. The van der Waals surface area contributed by atoms with Crippen LogP contribution in [0, 0.1) is 0 Å². The van der Waals surface area contributed by atoms with Gasteiger partial charge in [-0.3, -0.25) is 0 Å². The van der Waals surface area contributed by atoms with Crippen molar-refractivity contribution in [2.24, 2.45) is 0 Å². The van der Waals surface area contributed by atoms with E-state index in [0.717, 1.165) is 18.6 Å². The van der Waals surface area contributed by atoms with Gasteiger partial charge in [-0.05, 0) is 24.5 Å². The van der Waals surface area contributed by atoms with Crippen molar-refractivity contribution in [1.82, 2.24) is 0 Å². The molecule has 0 aliphatic rings. The highest BCUT2D eigenvalue weighted by Crippen LogP contribution is 2.23. The van der Waals surface area contributed by atoms with Gasteiger partial charge in [-0.1, -0.05) is 63.6 Å². The van der Waals surface area contributed by atoms with Crippen LogP contribution >= 0.6 is 11.6 Å². The highest BCUT2D eigenvalue weighted by atomic mass is 35.5. The summed E-state index contributed by atoms with van der Waals surface area (Å²) in [6.45, 7) is 2.25. The number of para-hydroxylation sites is 1. The molecule has 1 aromatic carbocycles. The lowest BCUT2D eigenvalue weighted by atomic mass is 10.0. The minimum absolute atomic E-state index is 0.225. The molecule has 0 amide bonds. The Morgan fingerprint density at radius 2 is 1.74 bits per heavy atom. The van der Waals surface area contributed by atoms with E-state index in [9.17, 15) is 0 Å². The van der Waals surface area contributed by atoms with Crippen molar-refractivity contribution in [3.8, 4) is 5.75 Å². The van der Waals surface area contributed by atoms with E-state index < -0.39 is 0 Å². The van der Waals surface area contributed by atoms with Gasteiger partial charge < -0.3 is 4.74 Å². The zero-order valence-corrected chi connectivity index (χ0v) is 13.1. The third kappa shape index (κ3) is 6.87. The molecule has 0 aliphatic heterocycles. The van der Waals surface area contributed by atoms with Crippen molar-refractivity contribution in [2.45, 2.75) is 63.7 Å². The standard InChI is InChI=1S/C17H27ClO/c1-3-4-5-6-7-8-12-16(18)14-15-11-9-10-13-17(15)19-2/h9-11,13,16H,3-8,12,14H2,1-2H3. The van der Waals surface area contributed by atoms with Gasteiger partial charge in [0, 0.05) is 5.38 Å². The van der Waals surface area contributed by atoms with Crippen LogP contribution in [0.2, 0.25) is 0 Å². The number of unbranched alkanes of at least 4 members (excludes halogenated alkanes) is 5. The fraction of sp³-hybridized carbons (Fsp3) is 0.647. The number of alkyl halides is 1. The van der Waals surface area contributed by atoms with Crippen LogP contribution in [0.15, 0.2) is 24.3 Å². The van der Waals surface area contributed by atoms with Crippen LogP contribution in [0.1, 0.15) is 57.4 Å². The zero-order chi connectivity index (χ0) is 13.9. The van der Waals surface area contributed by atoms with Crippen molar-refractivity contribution in [3.63, 3.8) is 0 Å². The lowest BCUT2D eigenvalue weighted by molar-refractivity contribution is 0.409. The maximum atomic E-state index is 6.43. The van der Waals surface area contributed by atoms with E-state index >= 15 is 0 Å². The summed E-state index contributed by atoms with van der Waals surface area (Å²) in [5.41, 5.74) is 1.22. The fourth-order valence-electron chi connectivity index (χ4n) is 2.36. The summed E-state index contributed by atoms with van der Waals surface area (Å²) in [5, 5.41) is 0.225. The van der Waals surface area contributed by atoms with Gasteiger partial charge in [-0.25, -0.2) is 0 Å². The molecule has 0 aliphatic carbocycles. The van der Waals surface area contributed by atoms with E-state index in [0.29, 0.717) is 0 Å². The summed E-state index contributed by atoms with van der Waals surface area (Å²) < 4.78 is 5.36. The molecule has 0 bridgehead atoms. The second-order valence-electron chi connectivity index (χ2n) is 5.17. The topological polar surface area (TPSA) is 9.23 Å². The first-order chi connectivity index (χ1) is 9.27. The molecular weight excluding hydrogens is 256 g/mol. The molecule has 0 aromatic heterocycles. The van der Waals surface area contributed by atoms with Crippen molar-refractivity contribution >= 4 is 11.6 Å². The third-order valence-corrected chi connectivity index (χ3v) is 3.88. The van der Waals surface area contributed by atoms with Gasteiger partial charge in [0.1, 0.15) is 5.75 Å². The molecule has 0 spiro atoms. The first-order valence-electron chi connectivity index (χ1n) is 7.54. The maximum absolute atomic E-state index is 6.43. The predicted molar refractivity (Wildman–Crippen MR) is 84.3 cm³/mol. The molecule has 1 rings (SSSR count). The molecule has 0 N–H and O–H groups in total. The minimum atomic E-state index is 0.225. The second-order valence-corrected chi connectivity index (χ2v) is 5.79. The van der Waals surface area contributed by atoms with Crippen molar-refractivity contribution in [2.75, 3.05) is 7.11 Å². The molecule has 19 heavy (non-hydrogen) atoms. The van der Waals surface area contributed by atoms with Crippen LogP contribution in [0.25, 0.3) is 0 Å². The highest BCUT2D eigenvalue weighted by Gasteiger charge is 2.09. The van der Waals surface area contributed by atoms with Crippen LogP contribution in [-0.4, -0.2) is 12.5 Å². The van der Waals surface area contributed by atoms with Gasteiger partial charge in [0.2, 0.25) is 0 Å². The van der Waals surface area contributed by atoms with E-state index in [1.165, 1.54) is 44.1 Å². The number of halogens is 1. The summed E-state index contributed by atoms with van der Waals surface area (Å²) in [5.74, 6) is 0.955. The van der Waals surface area contributed by atoms with Crippen LogP contribution in [0.4, 0.5) is 0 Å². The molecule has 1 atom stereocenters. The van der Waals surface area contributed by atoms with Crippen LogP contribution in [0.5, 0.6) is 5.75 Å². The van der Waals surface area contributed by atoms with Crippen LogP contribution < -0.4 is 4.74 Å². The number of hydrogen-bond acceptors (Lipinski definition) is 1. The highest BCUT2D eigenvalue weighted by molar-refractivity contribution is 6.20. The summed E-state index contributed by atoms with van der Waals surface area (Å²) >= 11 is 6.43. The van der Waals surface area contributed by atoms with E-state index in [1.54, 1.807) is 7.11 Å². The second kappa shape index (κ2) is 10.1. The summed E-state index contributed by atoms with van der Waals surface area (Å²) in [6, 6.07) is 8.16. The van der Waals surface area contributed by atoms with Gasteiger partial charge in [-0.2, -0.15) is 0 Å². The maximum Gasteiger partial charge on any atom is 0.122 e. The fourth-order valence-corrected chi connectivity index (χ4v) is 2.68. The zero-order valence-electron chi connectivity index (χ0n) is 12.3. The first kappa shape index (κ1) is 16.4. The van der Waals surface area contributed by atoms with Gasteiger partial charge in [0.05, 0.1) is 7.11 Å². The Morgan fingerprint density at radius 3 is 2.47 bits per heavy atom. The summed E-state index contributed by atoms with van der Waals surface area (Å²) in [7, 11) is 1.72. The van der Waals surface area contributed by atoms with Crippen LogP contribution in [0.3, 0.4) is 0 Å². The van der Waals surface area contributed by atoms with E-state index in [2.05, 4.69) is 13.0 Å². The molecule has 1 unspecified atom stereocenters. The summed E-state index contributed by atoms with van der Waals surface area (Å²) in [6.07, 6.45) is 9.97. The largest absolute Gasteiger partial charge is 0.496 e. The molecular formula is C17H27ClO. The molecule has 2 heteroatoms. The predicted octanol–water partition coefficient (Wildman–Crippen LogP) is 5.60. The Labute approximate surface area is 123 Å². The first-order valence-corrected chi connectivity index (χ1v) is 7.97. The summed E-state index contributed by atoms with van der Waals surface area (Å²) in [4.78, 5) is 0. The van der Waals surface area contributed by atoms with E-state index in [-0.39, 0.29) is 5.38 Å². The molecule has 1 nitrogen and oxygen atoms in total. The Kier molecular flexibility index (Phi) is 8.73. The van der Waals surface area contributed by atoms with Crippen LogP contribution in [-0.2, 0) is 6.42 Å².